The number of quaternary nitrogens is 1. The maximum absolute atomic E-state index is 12.6. The first-order valence-electron chi connectivity index (χ1n) is 7.40. The average molecular weight is 359 g/mol. The molecule has 0 radical (unpaired) electrons. The topological polar surface area (TPSA) is 70.9 Å². The van der Waals surface area contributed by atoms with E-state index in [2.05, 4.69) is 11.9 Å². The zero-order chi connectivity index (χ0) is 16.9. The summed E-state index contributed by atoms with van der Waals surface area (Å²) in [5.41, 5.74) is 0. The summed E-state index contributed by atoms with van der Waals surface area (Å²) in [5, 5.41) is 3.13. The summed E-state index contributed by atoms with van der Waals surface area (Å²) < 4.78 is 26.6. The van der Waals surface area contributed by atoms with Gasteiger partial charge < -0.3 is 10.2 Å². The van der Waals surface area contributed by atoms with Crippen molar-refractivity contribution in [1.82, 2.24) is 9.62 Å². The minimum absolute atomic E-state index is 0.0500. The Morgan fingerprint density at radius 2 is 2.09 bits per heavy atom. The van der Waals surface area contributed by atoms with Crippen LogP contribution in [0.3, 0.4) is 0 Å². The van der Waals surface area contributed by atoms with Gasteiger partial charge in [-0.3, -0.25) is 4.79 Å². The first kappa shape index (κ1) is 17.9. The van der Waals surface area contributed by atoms with E-state index in [0.29, 0.717) is 44.3 Å². The molecule has 6 nitrogen and oxygen atoms in total. The first-order valence-corrected chi connectivity index (χ1v) is 9.22. The summed E-state index contributed by atoms with van der Waals surface area (Å²) in [6.07, 6.45) is 1.63. The van der Waals surface area contributed by atoms with Gasteiger partial charge in [0, 0.05) is 11.6 Å². The van der Waals surface area contributed by atoms with Crippen molar-refractivity contribution in [2.24, 2.45) is 0 Å². The molecule has 0 spiro atoms. The van der Waals surface area contributed by atoms with Crippen LogP contribution in [0.5, 0.6) is 0 Å². The molecule has 2 rings (SSSR count). The van der Waals surface area contributed by atoms with E-state index in [-0.39, 0.29) is 10.8 Å². The largest absolute Gasteiger partial charge is 0.348 e. The Labute approximate surface area is 141 Å². The Bertz CT molecular complexity index is 670. The lowest BCUT2D eigenvalue weighted by Gasteiger charge is -2.31. The minimum atomic E-state index is -3.53. The van der Waals surface area contributed by atoms with Gasteiger partial charge in [0.25, 0.3) is 5.91 Å². The van der Waals surface area contributed by atoms with Crippen LogP contribution in [0.1, 0.15) is 0 Å². The number of sulfonamides is 1. The highest BCUT2D eigenvalue weighted by molar-refractivity contribution is 7.89. The molecule has 126 valence electrons. The van der Waals surface area contributed by atoms with Gasteiger partial charge in [0.05, 0.1) is 31.1 Å². The van der Waals surface area contributed by atoms with Crippen LogP contribution in [0.4, 0.5) is 0 Å². The summed E-state index contributed by atoms with van der Waals surface area (Å²) in [4.78, 5) is 13.0. The Kier molecular flexibility index (Phi) is 6.17. The third kappa shape index (κ3) is 4.78. The molecule has 0 unspecified atom stereocenters. The number of benzene rings is 1. The number of amides is 1. The summed E-state index contributed by atoms with van der Waals surface area (Å²) in [5.74, 6) is -0.0500. The molecule has 1 aromatic carbocycles. The Morgan fingerprint density at radius 3 is 2.70 bits per heavy atom. The molecule has 0 saturated carbocycles. The summed E-state index contributed by atoms with van der Waals surface area (Å²) in [6, 6.07) is 6.27. The monoisotopic (exact) mass is 358 g/mol. The SMILES string of the molecule is C=CCNC(=O)C[NH+]1CCN(S(=O)(=O)c2cccc(Cl)c2)CC1. The lowest BCUT2D eigenvalue weighted by Crippen LogP contribution is -3.15. The normalized spacial score (nSPS) is 16.9. The smallest absolute Gasteiger partial charge is 0.275 e. The number of nitrogens with one attached hydrogen (secondary N) is 2. The van der Waals surface area contributed by atoms with Crippen LogP contribution in [0.25, 0.3) is 0 Å². The molecule has 0 bridgehead atoms. The van der Waals surface area contributed by atoms with E-state index in [1.165, 1.54) is 10.4 Å². The highest BCUT2D eigenvalue weighted by Crippen LogP contribution is 2.19. The molecule has 1 saturated heterocycles. The van der Waals surface area contributed by atoms with Crippen molar-refractivity contribution in [2.75, 3.05) is 39.3 Å². The van der Waals surface area contributed by atoms with Crippen LogP contribution in [-0.2, 0) is 14.8 Å². The molecule has 1 aromatic rings. The second-order valence-electron chi connectivity index (χ2n) is 5.38. The van der Waals surface area contributed by atoms with Gasteiger partial charge in [-0.2, -0.15) is 4.31 Å². The van der Waals surface area contributed by atoms with Crippen molar-refractivity contribution in [1.29, 1.82) is 0 Å². The zero-order valence-corrected chi connectivity index (χ0v) is 14.4. The third-order valence-electron chi connectivity index (χ3n) is 3.72. The van der Waals surface area contributed by atoms with Gasteiger partial charge in [-0.15, -0.1) is 6.58 Å². The summed E-state index contributed by atoms with van der Waals surface area (Å²) in [6.45, 7) is 6.31. The lowest BCUT2D eigenvalue weighted by molar-refractivity contribution is -0.895. The fourth-order valence-corrected chi connectivity index (χ4v) is 4.21. The predicted octanol–water partition coefficient (Wildman–Crippen LogP) is -0.469. The molecule has 1 fully saturated rings. The van der Waals surface area contributed by atoms with Crippen LogP contribution in [0.15, 0.2) is 41.8 Å². The standard InChI is InChI=1S/C15H20ClN3O3S/c1-2-6-17-15(20)12-18-7-9-19(10-8-18)23(21,22)14-5-3-4-13(16)11-14/h2-5,11H,1,6-10,12H2,(H,17,20)/p+1. The number of hydrogen-bond donors (Lipinski definition) is 2. The molecule has 1 heterocycles. The molecule has 8 heteroatoms. The maximum atomic E-state index is 12.6. The van der Waals surface area contributed by atoms with E-state index in [9.17, 15) is 13.2 Å². The summed E-state index contributed by atoms with van der Waals surface area (Å²) >= 11 is 5.87. The number of piperazine rings is 1. The zero-order valence-electron chi connectivity index (χ0n) is 12.8. The first-order chi connectivity index (χ1) is 10.9. The van der Waals surface area contributed by atoms with Gasteiger partial charge in [0.2, 0.25) is 10.0 Å². The lowest BCUT2D eigenvalue weighted by atomic mass is 10.3. The third-order valence-corrected chi connectivity index (χ3v) is 5.85. The van der Waals surface area contributed by atoms with Gasteiger partial charge in [0.15, 0.2) is 6.54 Å². The van der Waals surface area contributed by atoms with Gasteiger partial charge in [-0.05, 0) is 18.2 Å². The molecule has 1 aliphatic heterocycles. The van der Waals surface area contributed by atoms with Gasteiger partial charge in [-0.25, -0.2) is 8.42 Å². The molecule has 0 atom stereocenters. The molecular weight excluding hydrogens is 338 g/mol. The van der Waals surface area contributed by atoms with Crippen molar-refractivity contribution < 1.29 is 18.1 Å². The van der Waals surface area contributed by atoms with E-state index in [1.54, 1.807) is 24.3 Å². The quantitative estimate of drug-likeness (QED) is 0.675. The van der Waals surface area contributed by atoms with Crippen LogP contribution in [0.2, 0.25) is 5.02 Å². The number of hydrogen-bond acceptors (Lipinski definition) is 3. The average Bonchev–Trinajstić information content (AvgIpc) is 2.53. The van der Waals surface area contributed by atoms with Crippen molar-refractivity contribution in [3.8, 4) is 0 Å². The molecular formula is C15H21ClN3O3S+. The fraction of sp³-hybridized carbons (Fsp3) is 0.400. The fourth-order valence-electron chi connectivity index (χ4n) is 2.47. The molecule has 1 amide bonds. The number of carbonyl (C=O) groups excluding carboxylic acids is 1. The Hall–Kier alpha value is -1.41. The van der Waals surface area contributed by atoms with Crippen LogP contribution in [0, 0.1) is 0 Å². The summed E-state index contributed by atoms with van der Waals surface area (Å²) in [7, 11) is -3.53. The highest BCUT2D eigenvalue weighted by atomic mass is 35.5. The Balaban J connectivity index is 1.93. The molecule has 0 aliphatic carbocycles. The van der Waals surface area contributed by atoms with E-state index >= 15 is 0 Å². The van der Waals surface area contributed by atoms with Gasteiger partial charge in [-0.1, -0.05) is 23.7 Å². The van der Waals surface area contributed by atoms with Crippen LogP contribution in [-0.4, -0.2) is 57.9 Å². The van der Waals surface area contributed by atoms with Crippen molar-refractivity contribution in [3.05, 3.63) is 41.9 Å². The second-order valence-corrected chi connectivity index (χ2v) is 7.76. The number of carbonyl (C=O) groups is 1. The highest BCUT2D eigenvalue weighted by Gasteiger charge is 2.31. The second kappa shape index (κ2) is 7.92. The molecule has 2 N–H and O–H groups in total. The molecule has 1 aliphatic rings. The van der Waals surface area contributed by atoms with Crippen molar-refractivity contribution in [3.63, 3.8) is 0 Å². The minimum Gasteiger partial charge on any atom is -0.348 e. The van der Waals surface area contributed by atoms with Crippen molar-refractivity contribution in [2.45, 2.75) is 4.90 Å². The predicted molar refractivity (Wildman–Crippen MR) is 89.0 cm³/mol. The van der Waals surface area contributed by atoms with Gasteiger partial charge in [0.1, 0.15) is 0 Å². The van der Waals surface area contributed by atoms with Crippen LogP contribution >= 0.6 is 11.6 Å². The van der Waals surface area contributed by atoms with E-state index < -0.39 is 10.0 Å². The van der Waals surface area contributed by atoms with Crippen molar-refractivity contribution >= 4 is 27.5 Å². The van der Waals surface area contributed by atoms with E-state index in [1.807, 2.05) is 0 Å². The number of rotatable bonds is 6. The number of halogens is 1. The van der Waals surface area contributed by atoms with E-state index in [0.717, 1.165) is 4.90 Å². The maximum Gasteiger partial charge on any atom is 0.275 e. The van der Waals surface area contributed by atoms with Crippen LogP contribution < -0.4 is 10.2 Å². The molecule has 23 heavy (non-hydrogen) atoms. The van der Waals surface area contributed by atoms with E-state index in [4.69, 9.17) is 11.6 Å². The molecule has 0 aromatic heterocycles. The van der Waals surface area contributed by atoms with Gasteiger partial charge >= 0.3 is 0 Å². The Morgan fingerprint density at radius 1 is 1.39 bits per heavy atom. The number of nitrogens with zero attached hydrogens (tertiary/aromatic N) is 1.